The van der Waals surface area contributed by atoms with E-state index in [2.05, 4.69) is 0 Å². The second-order valence-electron chi connectivity index (χ2n) is 4.28. The molecule has 2 radical (unpaired) electrons. The normalized spacial score (nSPS) is 27.8. The second-order valence-corrected chi connectivity index (χ2v) is 4.28. The minimum Gasteiger partial charge on any atom is -0.461 e. The maximum absolute atomic E-state index is 10.5. The molecule has 0 bridgehead atoms. The van der Waals surface area contributed by atoms with Crippen LogP contribution in [0.2, 0.25) is 0 Å². The molecule has 4 nitrogen and oxygen atoms in total. The molecule has 2 saturated heterocycles. The number of carbonyl (C=O) groups excluding carboxylic acids is 2. The summed E-state index contributed by atoms with van der Waals surface area (Å²) in [5.41, 5.74) is 0. The quantitative estimate of drug-likeness (QED) is 0.486. The van der Waals surface area contributed by atoms with E-state index in [0.29, 0.717) is 0 Å². The number of hydrogen-bond acceptors (Lipinski definition) is 4. The van der Waals surface area contributed by atoms with Crippen LogP contribution in [0.4, 0.5) is 0 Å². The zero-order valence-electron chi connectivity index (χ0n) is 9.19. The smallest absolute Gasteiger partial charge is 0.314 e. The summed E-state index contributed by atoms with van der Waals surface area (Å²) < 4.78 is 9.73. The summed E-state index contributed by atoms with van der Waals surface area (Å²) in [6, 6.07) is 0. The molecule has 0 spiro atoms. The molecule has 2 heterocycles. The molecule has 2 aliphatic heterocycles. The van der Waals surface area contributed by atoms with Gasteiger partial charge in [0.05, 0.1) is 0 Å². The molecule has 4 heteroatoms. The molecule has 0 aliphatic carbocycles. The van der Waals surface area contributed by atoms with Gasteiger partial charge in [-0.15, -0.1) is 0 Å². The van der Waals surface area contributed by atoms with Crippen LogP contribution in [0.25, 0.3) is 0 Å². The van der Waals surface area contributed by atoms with Gasteiger partial charge in [-0.25, -0.2) is 0 Å². The van der Waals surface area contributed by atoms with Crippen LogP contribution in [-0.2, 0) is 19.1 Å². The van der Waals surface area contributed by atoms with Crippen molar-refractivity contribution in [2.45, 2.75) is 50.7 Å². The fourth-order valence-electron chi connectivity index (χ4n) is 1.93. The first kappa shape index (κ1) is 11.4. The lowest BCUT2D eigenvalue weighted by atomic mass is 10.0. The summed E-state index contributed by atoms with van der Waals surface area (Å²) in [5, 5.41) is 0. The summed E-state index contributed by atoms with van der Waals surface area (Å²) >= 11 is 0. The third-order valence-electron chi connectivity index (χ3n) is 2.91. The van der Waals surface area contributed by atoms with E-state index in [9.17, 15) is 9.59 Å². The standard InChI is InChI=1S/C12H16O4/c13-11-7-9(15-11)5-3-1-2-4-6-10-8-12(14)16-10/h7-10H,1-6H2. The number of unbranched alkanes of at least 4 members (excludes halogenated alkanes) is 3. The number of hydrogen-bond donors (Lipinski definition) is 0. The number of carbonyl (C=O) groups is 2. The van der Waals surface area contributed by atoms with Crippen LogP contribution in [-0.4, -0.2) is 24.1 Å². The molecule has 0 aromatic heterocycles. The van der Waals surface area contributed by atoms with Gasteiger partial charge in [-0.2, -0.15) is 0 Å². The van der Waals surface area contributed by atoms with Crippen LogP contribution in [0, 0.1) is 12.8 Å². The second kappa shape index (κ2) is 5.32. The Bertz CT molecular complexity index is 230. The van der Waals surface area contributed by atoms with Crippen molar-refractivity contribution < 1.29 is 19.1 Å². The Morgan fingerprint density at radius 1 is 0.812 bits per heavy atom. The summed E-state index contributed by atoms with van der Waals surface area (Å²) in [7, 11) is 0. The van der Waals surface area contributed by atoms with Crippen molar-refractivity contribution in [3.8, 4) is 0 Å². The third kappa shape index (κ3) is 3.22. The Morgan fingerprint density at radius 2 is 1.19 bits per heavy atom. The molecule has 0 aromatic carbocycles. The Morgan fingerprint density at radius 3 is 1.50 bits per heavy atom. The Balaban J connectivity index is 1.35. The summed E-state index contributed by atoms with van der Waals surface area (Å²) in [4.78, 5) is 20.9. The maximum atomic E-state index is 10.5. The highest BCUT2D eigenvalue weighted by atomic mass is 16.6. The van der Waals surface area contributed by atoms with E-state index in [-0.39, 0.29) is 24.1 Å². The van der Waals surface area contributed by atoms with E-state index in [1.807, 2.05) is 0 Å². The molecule has 2 atom stereocenters. The molecular weight excluding hydrogens is 208 g/mol. The van der Waals surface area contributed by atoms with Crippen LogP contribution in [0.15, 0.2) is 0 Å². The van der Waals surface area contributed by atoms with Gasteiger partial charge in [0.25, 0.3) is 0 Å². The predicted molar refractivity (Wildman–Crippen MR) is 56.1 cm³/mol. The van der Waals surface area contributed by atoms with Gasteiger partial charge in [0.15, 0.2) is 0 Å². The van der Waals surface area contributed by atoms with Crippen molar-refractivity contribution in [2.75, 3.05) is 0 Å². The molecule has 88 valence electrons. The Kier molecular flexibility index (Phi) is 3.80. The first-order valence-corrected chi connectivity index (χ1v) is 5.85. The molecule has 0 saturated carbocycles. The lowest BCUT2D eigenvalue weighted by Gasteiger charge is -2.25. The highest BCUT2D eigenvalue weighted by Crippen LogP contribution is 2.21. The number of rotatable bonds is 7. The van der Waals surface area contributed by atoms with Crippen molar-refractivity contribution in [1.29, 1.82) is 0 Å². The molecule has 2 unspecified atom stereocenters. The average Bonchev–Trinajstić information content (AvgIpc) is 2.16. The Hall–Kier alpha value is -1.06. The lowest BCUT2D eigenvalue weighted by molar-refractivity contribution is -0.159. The highest BCUT2D eigenvalue weighted by molar-refractivity contribution is 5.85. The topological polar surface area (TPSA) is 52.6 Å². The SMILES string of the molecule is O=C1[CH]C(CCCCCCC2[CH]C(=O)O2)O1. The Labute approximate surface area is 95.3 Å². The predicted octanol–water partition coefficient (Wildman–Crippen LogP) is 1.59. The maximum Gasteiger partial charge on any atom is 0.314 e. The van der Waals surface area contributed by atoms with Crippen molar-refractivity contribution in [2.24, 2.45) is 0 Å². The molecule has 0 N–H and O–H groups in total. The largest absolute Gasteiger partial charge is 0.461 e. The molecule has 2 rings (SSSR count). The molecule has 2 aliphatic rings. The van der Waals surface area contributed by atoms with Crippen molar-refractivity contribution >= 4 is 11.9 Å². The molecule has 0 aromatic rings. The first-order chi connectivity index (χ1) is 7.74. The monoisotopic (exact) mass is 224 g/mol. The number of ether oxygens (including phenoxy) is 2. The molecular formula is C12H16O4. The zero-order valence-corrected chi connectivity index (χ0v) is 9.19. The van der Waals surface area contributed by atoms with Gasteiger partial charge in [0.1, 0.15) is 25.0 Å². The van der Waals surface area contributed by atoms with Gasteiger partial charge >= 0.3 is 11.9 Å². The minimum atomic E-state index is -0.188. The van der Waals surface area contributed by atoms with E-state index < -0.39 is 0 Å². The van der Waals surface area contributed by atoms with Gasteiger partial charge < -0.3 is 9.47 Å². The summed E-state index contributed by atoms with van der Waals surface area (Å²) in [6.45, 7) is 0. The van der Waals surface area contributed by atoms with E-state index in [1.54, 1.807) is 12.8 Å². The van der Waals surface area contributed by atoms with Crippen LogP contribution >= 0.6 is 0 Å². The first-order valence-electron chi connectivity index (χ1n) is 5.85. The minimum absolute atomic E-state index is 0.0634. The van der Waals surface area contributed by atoms with Gasteiger partial charge in [0, 0.05) is 0 Å². The third-order valence-corrected chi connectivity index (χ3v) is 2.91. The summed E-state index contributed by atoms with van der Waals surface area (Å²) in [5.74, 6) is -0.375. The molecule has 2 fully saturated rings. The number of cyclic esters (lactones) is 2. The average molecular weight is 224 g/mol. The fraction of sp³-hybridized carbons (Fsp3) is 0.667. The van der Waals surface area contributed by atoms with Crippen molar-refractivity contribution in [1.82, 2.24) is 0 Å². The lowest BCUT2D eigenvalue weighted by Crippen LogP contribution is -2.33. The fourth-order valence-corrected chi connectivity index (χ4v) is 1.93. The van der Waals surface area contributed by atoms with Crippen LogP contribution in [0.5, 0.6) is 0 Å². The summed E-state index contributed by atoms with van der Waals surface area (Å²) in [6.07, 6.45) is 9.72. The van der Waals surface area contributed by atoms with Gasteiger partial charge in [-0.05, 0) is 25.7 Å². The van der Waals surface area contributed by atoms with Crippen LogP contribution < -0.4 is 0 Å². The highest BCUT2D eigenvalue weighted by Gasteiger charge is 2.29. The van der Waals surface area contributed by atoms with Crippen LogP contribution in [0.1, 0.15) is 38.5 Å². The van der Waals surface area contributed by atoms with Crippen molar-refractivity contribution in [3.63, 3.8) is 0 Å². The van der Waals surface area contributed by atoms with E-state index >= 15 is 0 Å². The van der Waals surface area contributed by atoms with Gasteiger partial charge in [-0.1, -0.05) is 12.8 Å². The molecule has 16 heavy (non-hydrogen) atoms. The van der Waals surface area contributed by atoms with E-state index in [4.69, 9.17) is 9.47 Å². The van der Waals surface area contributed by atoms with Crippen molar-refractivity contribution in [3.05, 3.63) is 12.8 Å². The van der Waals surface area contributed by atoms with E-state index in [0.717, 1.165) is 38.5 Å². The van der Waals surface area contributed by atoms with Gasteiger partial charge in [-0.3, -0.25) is 9.59 Å². The molecule has 0 amide bonds. The zero-order chi connectivity index (χ0) is 11.4. The number of esters is 2. The van der Waals surface area contributed by atoms with E-state index in [1.165, 1.54) is 0 Å². The van der Waals surface area contributed by atoms with Gasteiger partial charge in [0.2, 0.25) is 0 Å². The van der Waals surface area contributed by atoms with Crippen LogP contribution in [0.3, 0.4) is 0 Å².